The Morgan fingerprint density at radius 2 is 1.92 bits per heavy atom. The maximum atomic E-state index is 13.2. The summed E-state index contributed by atoms with van der Waals surface area (Å²) in [4.78, 5) is 16.3. The van der Waals surface area contributed by atoms with Gasteiger partial charge in [0, 0.05) is 12.1 Å². The van der Waals surface area contributed by atoms with Crippen molar-refractivity contribution >= 4 is 17.4 Å². The Bertz CT molecular complexity index is 880. The molecule has 0 unspecified atom stereocenters. The van der Waals surface area contributed by atoms with Gasteiger partial charge in [0.2, 0.25) is 0 Å². The van der Waals surface area contributed by atoms with Crippen LogP contribution in [0.1, 0.15) is 15.9 Å². The Morgan fingerprint density at radius 1 is 1.12 bits per heavy atom. The molecule has 1 aromatic heterocycles. The lowest BCUT2D eigenvalue weighted by Crippen LogP contribution is -2.12. The Labute approximate surface area is 150 Å². The second kappa shape index (κ2) is 8.11. The molecule has 2 aromatic carbocycles. The van der Waals surface area contributed by atoms with Gasteiger partial charge in [0.05, 0.1) is 19.0 Å². The highest BCUT2D eigenvalue weighted by Gasteiger charge is 2.07. The standard InChI is InChI=1S/C20H18FN3O2/c1-26-18-8-5-14(6-9-18)12-22-19-10-7-17(13-23-19)24-20(25)15-3-2-4-16(21)11-15/h2-11,13H,12H2,1H3,(H,22,23)(H,24,25). The molecule has 0 aliphatic carbocycles. The average Bonchev–Trinajstić information content (AvgIpc) is 2.68. The van der Waals surface area contributed by atoms with E-state index in [1.54, 1.807) is 31.5 Å². The number of methoxy groups -OCH3 is 1. The summed E-state index contributed by atoms with van der Waals surface area (Å²) >= 11 is 0. The van der Waals surface area contributed by atoms with E-state index < -0.39 is 5.82 Å². The summed E-state index contributed by atoms with van der Waals surface area (Å²) < 4.78 is 18.3. The van der Waals surface area contributed by atoms with Crippen LogP contribution in [0.15, 0.2) is 66.9 Å². The largest absolute Gasteiger partial charge is 0.497 e. The van der Waals surface area contributed by atoms with Crippen molar-refractivity contribution in [1.82, 2.24) is 4.98 Å². The van der Waals surface area contributed by atoms with Crippen molar-refractivity contribution in [2.75, 3.05) is 17.7 Å². The highest BCUT2D eigenvalue weighted by Crippen LogP contribution is 2.15. The van der Waals surface area contributed by atoms with Crippen molar-refractivity contribution in [2.24, 2.45) is 0 Å². The third kappa shape index (κ3) is 4.57. The van der Waals surface area contributed by atoms with Gasteiger partial charge in [-0.1, -0.05) is 18.2 Å². The molecule has 1 amide bonds. The van der Waals surface area contributed by atoms with E-state index in [2.05, 4.69) is 15.6 Å². The van der Waals surface area contributed by atoms with Gasteiger partial charge in [0.25, 0.3) is 5.91 Å². The van der Waals surface area contributed by atoms with Crippen LogP contribution in [-0.4, -0.2) is 18.0 Å². The molecule has 0 saturated carbocycles. The highest BCUT2D eigenvalue weighted by molar-refractivity contribution is 6.04. The van der Waals surface area contributed by atoms with E-state index in [0.717, 1.165) is 11.3 Å². The van der Waals surface area contributed by atoms with Crippen molar-refractivity contribution in [3.63, 3.8) is 0 Å². The number of aromatic nitrogens is 1. The van der Waals surface area contributed by atoms with Crippen LogP contribution >= 0.6 is 0 Å². The second-order valence-corrected chi connectivity index (χ2v) is 5.60. The Hall–Kier alpha value is -3.41. The van der Waals surface area contributed by atoms with Crippen LogP contribution in [0.4, 0.5) is 15.9 Å². The predicted octanol–water partition coefficient (Wildman–Crippen LogP) is 4.09. The fraction of sp³-hybridized carbons (Fsp3) is 0.100. The number of rotatable bonds is 6. The van der Waals surface area contributed by atoms with Crippen LogP contribution < -0.4 is 15.4 Å². The fourth-order valence-corrected chi connectivity index (χ4v) is 2.34. The van der Waals surface area contributed by atoms with Gasteiger partial charge in [-0.3, -0.25) is 4.79 Å². The molecular formula is C20H18FN3O2. The molecule has 0 fully saturated rings. The van der Waals surface area contributed by atoms with Crippen LogP contribution in [0, 0.1) is 5.82 Å². The fourth-order valence-electron chi connectivity index (χ4n) is 2.34. The van der Waals surface area contributed by atoms with Gasteiger partial charge in [-0.05, 0) is 48.0 Å². The van der Waals surface area contributed by atoms with Gasteiger partial charge in [-0.2, -0.15) is 0 Å². The van der Waals surface area contributed by atoms with E-state index in [1.165, 1.54) is 18.2 Å². The first-order chi connectivity index (χ1) is 12.6. The summed E-state index contributed by atoms with van der Waals surface area (Å²) in [5.74, 6) is 0.661. The third-order valence-electron chi connectivity index (χ3n) is 3.74. The predicted molar refractivity (Wildman–Crippen MR) is 98.9 cm³/mol. The molecule has 0 radical (unpaired) electrons. The number of pyridine rings is 1. The molecule has 3 aromatic rings. The molecule has 2 N–H and O–H groups in total. The number of benzene rings is 2. The molecule has 0 aliphatic rings. The van der Waals surface area contributed by atoms with Crippen LogP contribution in [0.5, 0.6) is 5.75 Å². The van der Waals surface area contributed by atoms with Gasteiger partial charge in [0.1, 0.15) is 17.4 Å². The molecule has 5 nitrogen and oxygen atoms in total. The number of carbonyl (C=O) groups is 1. The molecule has 0 aliphatic heterocycles. The van der Waals surface area contributed by atoms with E-state index in [0.29, 0.717) is 18.1 Å². The summed E-state index contributed by atoms with van der Waals surface area (Å²) in [6.07, 6.45) is 1.55. The normalized spacial score (nSPS) is 10.2. The second-order valence-electron chi connectivity index (χ2n) is 5.60. The molecule has 26 heavy (non-hydrogen) atoms. The Kier molecular flexibility index (Phi) is 5.43. The van der Waals surface area contributed by atoms with Crippen molar-refractivity contribution in [1.29, 1.82) is 0 Å². The summed E-state index contributed by atoms with van der Waals surface area (Å²) in [7, 11) is 1.63. The number of amides is 1. The number of nitrogens with one attached hydrogen (secondary N) is 2. The molecule has 0 bridgehead atoms. The van der Waals surface area contributed by atoms with Crippen molar-refractivity contribution < 1.29 is 13.9 Å². The van der Waals surface area contributed by atoms with Crippen LogP contribution in [0.2, 0.25) is 0 Å². The van der Waals surface area contributed by atoms with E-state index in [4.69, 9.17) is 4.74 Å². The molecule has 0 saturated heterocycles. The molecule has 132 valence electrons. The first kappa shape index (κ1) is 17.4. The third-order valence-corrected chi connectivity index (χ3v) is 3.74. The zero-order valence-corrected chi connectivity index (χ0v) is 14.2. The van der Waals surface area contributed by atoms with Gasteiger partial charge >= 0.3 is 0 Å². The topological polar surface area (TPSA) is 63.2 Å². The van der Waals surface area contributed by atoms with Crippen molar-refractivity contribution in [3.05, 3.63) is 83.8 Å². The van der Waals surface area contributed by atoms with E-state index in [1.807, 2.05) is 24.3 Å². The number of anilines is 2. The maximum Gasteiger partial charge on any atom is 0.255 e. The number of hydrogen-bond acceptors (Lipinski definition) is 4. The minimum atomic E-state index is -0.450. The maximum absolute atomic E-state index is 13.2. The average molecular weight is 351 g/mol. The Morgan fingerprint density at radius 3 is 2.58 bits per heavy atom. The summed E-state index contributed by atoms with van der Waals surface area (Å²) in [6, 6.07) is 16.8. The molecule has 1 heterocycles. The number of carbonyl (C=O) groups excluding carboxylic acids is 1. The minimum absolute atomic E-state index is 0.256. The molecule has 3 rings (SSSR count). The first-order valence-electron chi connectivity index (χ1n) is 8.04. The van der Waals surface area contributed by atoms with Crippen LogP contribution in [0.25, 0.3) is 0 Å². The minimum Gasteiger partial charge on any atom is -0.497 e. The first-order valence-corrected chi connectivity index (χ1v) is 8.04. The SMILES string of the molecule is COc1ccc(CNc2ccc(NC(=O)c3cccc(F)c3)cn2)cc1. The molecule has 0 atom stereocenters. The van der Waals surface area contributed by atoms with Crippen LogP contribution in [-0.2, 0) is 6.54 Å². The summed E-state index contributed by atoms with van der Waals surface area (Å²) in [6.45, 7) is 0.617. The van der Waals surface area contributed by atoms with Gasteiger partial charge in [-0.25, -0.2) is 9.37 Å². The molecule has 0 spiro atoms. The van der Waals surface area contributed by atoms with E-state index in [9.17, 15) is 9.18 Å². The monoisotopic (exact) mass is 351 g/mol. The van der Waals surface area contributed by atoms with E-state index in [-0.39, 0.29) is 11.5 Å². The van der Waals surface area contributed by atoms with Crippen molar-refractivity contribution in [2.45, 2.75) is 6.54 Å². The molecule has 6 heteroatoms. The van der Waals surface area contributed by atoms with Gasteiger partial charge < -0.3 is 15.4 Å². The highest BCUT2D eigenvalue weighted by atomic mass is 19.1. The molecular weight excluding hydrogens is 333 g/mol. The van der Waals surface area contributed by atoms with E-state index >= 15 is 0 Å². The number of halogens is 1. The number of nitrogens with zero attached hydrogens (tertiary/aromatic N) is 1. The zero-order valence-electron chi connectivity index (χ0n) is 14.2. The van der Waals surface area contributed by atoms with Crippen molar-refractivity contribution in [3.8, 4) is 5.75 Å². The number of hydrogen-bond donors (Lipinski definition) is 2. The van der Waals surface area contributed by atoms with Gasteiger partial charge in [0.15, 0.2) is 0 Å². The van der Waals surface area contributed by atoms with Gasteiger partial charge in [-0.15, -0.1) is 0 Å². The quantitative estimate of drug-likeness (QED) is 0.702. The zero-order chi connectivity index (χ0) is 18.4. The Balaban J connectivity index is 1.56. The lowest BCUT2D eigenvalue weighted by atomic mass is 10.2. The summed E-state index contributed by atoms with van der Waals surface area (Å²) in [5.41, 5.74) is 1.89. The lowest BCUT2D eigenvalue weighted by molar-refractivity contribution is 0.102. The van der Waals surface area contributed by atoms with Crippen LogP contribution in [0.3, 0.4) is 0 Å². The summed E-state index contributed by atoms with van der Waals surface area (Å²) in [5, 5.41) is 5.89. The smallest absolute Gasteiger partial charge is 0.255 e. The number of ether oxygens (including phenoxy) is 1. The lowest BCUT2D eigenvalue weighted by Gasteiger charge is -2.08.